The monoisotopic (exact) mass is 194 g/mol. The maximum Gasteiger partial charge on any atom is 0.151 e. The Morgan fingerprint density at radius 2 is 2.00 bits per heavy atom. The Balaban J connectivity index is 3.32. The maximum atomic E-state index is 11.0. The highest BCUT2D eigenvalue weighted by atomic mass is 32.2. The molecule has 0 aromatic heterocycles. The zero-order chi connectivity index (χ0) is 9.45. The lowest BCUT2D eigenvalue weighted by molar-refractivity contribution is 0.590. The normalized spacial score (nSPS) is 11.8. The fourth-order valence-corrected chi connectivity index (χ4v) is 1.47. The van der Waals surface area contributed by atoms with Gasteiger partial charge in [-0.2, -0.15) is 0 Å². The van der Waals surface area contributed by atoms with Crippen LogP contribution in [0.3, 0.4) is 0 Å². The highest BCUT2D eigenvalue weighted by Crippen LogP contribution is 1.86. The van der Waals surface area contributed by atoms with E-state index in [4.69, 9.17) is 5.73 Å². The molecule has 0 fully saturated rings. The minimum absolute atomic E-state index is 0.228. The van der Waals surface area contributed by atoms with Crippen molar-refractivity contribution in [2.24, 2.45) is 5.73 Å². The van der Waals surface area contributed by atoms with Crippen molar-refractivity contribution in [3.8, 4) is 0 Å². The van der Waals surface area contributed by atoms with Crippen LogP contribution in [-0.2, 0) is 9.84 Å². The molecule has 0 saturated carbocycles. The van der Waals surface area contributed by atoms with Gasteiger partial charge < -0.3 is 11.1 Å². The SMILES string of the molecule is CCS(=O)(=O)CCNCCCN. The van der Waals surface area contributed by atoms with Crippen LogP contribution in [0, 0.1) is 0 Å². The first-order valence-corrected chi connectivity index (χ1v) is 6.05. The van der Waals surface area contributed by atoms with Gasteiger partial charge in [0.05, 0.1) is 5.75 Å². The van der Waals surface area contributed by atoms with E-state index in [1.54, 1.807) is 6.92 Å². The summed E-state index contributed by atoms with van der Waals surface area (Å²) in [4.78, 5) is 0. The first-order chi connectivity index (χ1) is 5.62. The molecule has 0 saturated heterocycles. The molecule has 0 bridgehead atoms. The van der Waals surface area contributed by atoms with E-state index < -0.39 is 9.84 Å². The summed E-state index contributed by atoms with van der Waals surface area (Å²) in [6.07, 6.45) is 0.895. The minimum atomic E-state index is -2.80. The molecule has 0 rings (SSSR count). The summed E-state index contributed by atoms with van der Waals surface area (Å²) in [6.45, 7) is 3.65. The van der Waals surface area contributed by atoms with Crippen molar-refractivity contribution in [3.05, 3.63) is 0 Å². The number of nitrogens with two attached hydrogens (primary N) is 1. The molecule has 5 heteroatoms. The molecule has 0 atom stereocenters. The summed E-state index contributed by atoms with van der Waals surface area (Å²) >= 11 is 0. The van der Waals surface area contributed by atoms with Crippen molar-refractivity contribution in [2.75, 3.05) is 31.1 Å². The summed E-state index contributed by atoms with van der Waals surface area (Å²) < 4.78 is 21.9. The van der Waals surface area contributed by atoms with E-state index in [9.17, 15) is 8.42 Å². The van der Waals surface area contributed by atoms with Gasteiger partial charge in [0.25, 0.3) is 0 Å². The van der Waals surface area contributed by atoms with E-state index in [2.05, 4.69) is 5.32 Å². The van der Waals surface area contributed by atoms with Gasteiger partial charge >= 0.3 is 0 Å². The Labute approximate surface area is 74.4 Å². The molecule has 0 aliphatic carbocycles. The van der Waals surface area contributed by atoms with Crippen LogP contribution in [0.15, 0.2) is 0 Å². The van der Waals surface area contributed by atoms with Crippen LogP contribution >= 0.6 is 0 Å². The predicted molar refractivity (Wildman–Crippen MR) is 50.9 cm³/mol. The molecule has 0 aromatic carbocycles. The van der Waals surface area contributed by atoms with Gasteiger partial charge in [-0.15, -0.1) is 0 Å². The van der Waals surface area contributed by atoms with Crippen LogP contribution in [0.5, 0.6) is 0 Å². The Bertz CT molecular complexity index is 190. The summed E-state index contributed by atoms with van der Waals surface area (Å²) in [7, 11) is -2.80. The lowest BCUT2D eigenvalue weighted by Crippen LogP contribution is -2.25. The van der Waals surface area contributed by atoms with Crippen LogP contribution in [0.2, 0.25) is 0 Å². The topological polar surface area (TPSA) is 72.2 Å². The average molecular weight is 194 g/mol. The molecule has 0 radical (unpaired) electrons. The molecule has 0 unspecified atom stereocenters. The summed E-state index contributed by atoms with van der Waals surface area (Å²) in [5.41, 5.74) is 5.26. The van der Waals surface area contributed by atoms with Crippen molar-refractivity contribution in [3.63, 3.8) is 0 Å². The number of sulfone groups is 1. The van der Waals surface area contributed by atoms with Gasteiger partial charge in [-0.05, 0) is 19.5 Å². The average Bonchev–Trinajstić information content (AvgIpc) is 2.04. The zero-order valence-electron chi connectivity index (χ0n) is 7.54. The highest BCUT2D eigenvalue weighted by molar-refractivity contribution is 7.91. The zero-order valence-corrected chi connectivity index (χ0v) is 8.36. The van der Waals surface area contributed by atoms with Crippen molar-refractivity contribution in [2.45, 2.75) is 13.3 Å². The fraction of sp³-hybridized carbons (Fsp3) is 1.00. The molecule has 0 aliphatic rings. The van der Waals surface area contributed by atoms with Gasteiger partial charge in [-0.3, -0.25) is 0 Å². The Morgan fingerprint density at radius 3 is 2.50 bits per heavy atom. The van der Waals surface area contributed by atoms with Crippen molar-refractivity contribution in [1.82, 2.24) is 5.32 Å². The standard InChI is InChI=1S/C7H18N2O2S/c1-2-12(10,11)7-6-9-5-3-4-8/h9H,2-8H2,1H3. The molecule has 0 spiro atoms. The molecule has 3 N–H and O–H groups in total. The number of nitrogens with one attached hydrogen (secondary N) is 1. The van der Waals surface area contributed by atoms with Crippen LogP contribution in [-0.4, -0.2) is 39.6 Å². The van der Waals surface area contributed by atoms with Gasteiger partial charge in [0, 0.05) is 12.3 Å². The fourth-order valence-electron chi connectivity index (χ4n) is 0.724. The number of hydrogen-bond acceptors (Lipinski definition) is 4. The van der Waals surface area contributed by atoms with Crippen LogP contribution < -0.4 is 11.1 Å². The maximum absolute atomic E-state index is 11.0. The Hall–Kier alpha value is -0.130. The van der Waals surface area contributed by atoms with Crippen molar-refractivity contribution < 1.29 is 8.42 Å². The number of hydrogen-bond donors (Lipinski definition) is 2. The second-order valence-corrected chi connectivity index (χ2v) is 5.10. The third kappa shape index (κ3) is 6.57. The van der Waals surface area contributed by atoms with Crippen LogP contribution in [0.25, 0.3) is 0 Å². The molecule has 0 aliphatic heterocycles. The first kappa shape index (κ1) is 11.9. The molecule has 74 valence electrons. The molecule has 0 aromatic rings. The molecular weight excluding hydrogens is 176 g/mol. The van der Waals surface area contributed by atoms with Gasteiger partial charge in [0.2, 0.25) is 0 Å². The quantitative estimate of drug-likeness (QED) is 0.529. The third-order valence-corrected chi connectivity index (χ3v) is 3.29. The summed E-state index contributed by atoms with van der Waals surface area (Å²) in [5, 5.41) is 3.02. The minimum Gasteiger partial charge on any atom is -0.330 e. The highest BCUT2D eigenvalue weighted by Gasteiger charge is 2.04. The lowest BCUT2D eigenvalue weighted by atomic mass is 10.4. The summed E-state index contributed by atoms with van der Waals surface area (Å²) in [5.74, 6) is 0.458. The second-order valence-electron chi connectivity index (χ2n) is 2.63. The summed E-state index contributed by atoms with van der Waals surface area (Å²) in [6, 6.07) is 0. The van der Waals surface area contributed by atoms with E-state index in [-0.39, 0.29) is 11.5 Å². The van der Waals surface area contributed by atoms with Gasteiger partial charge in [-0.25, -0.2) is 8.42 Å². The van der Waals surface area contributed by atoms with Crippen molar-refractivity contribution >= 4 is 9.84 Å². The van der Waals surface area contributed by atoms with E-state index in [1.807, 2.05) is 0 Å². The lowest BCUT2D eigenvalue weighted by Gasteiger charge is -2.02. The second kappa shape index (κ2) is 6.39. The van der Waals surface area contributed by atoms with Gasteiger partial charge in [-0.1, -0.05) is 6.92 Å². The van der Waals surface area contributed by atoms with E-state index >= 15 is 0 Å². The predicted octanol–water partition coefficient (Wildman–Crippen LogP) is -0.640. The Morgan fingerprint density at radius 1 is 1.33 bits per heavy atom. The molecular formula is C7H18N2O2S. The van der Waals surface area contributed by atoms with Crippen molar-refractivity contribution in [1.29, 1.82) is 0 Å². The van der Waals surface area contributed by atoms with E-state index in [1.165, 1.54) is 0 Å². The smallest absolute Gasteiger partial charge is 0.151 e. The van der Waals surface area contributed by atoms with Gasteiger partial charge in [0.15, 0.2) is 9.84 Å². The molecule has 0 amide bonds. The third-order valence-electron chi connectivity index (χ3n) is 1.59. The largest absolute Gasteiger partial charge is 0.330 e. The van der Waals surface area contributed by atoms with E-state index in [0.717, 1.165) is 13.0 Å². The molecule has 0 heterocycles. The first-order valence-electron chi connectivity index (χ1n) is 4.23. The van der Waals surface area contributed by atoms with Crippen LogP contribution in [0.4, 0.5) is 0 Å². The van der Waals surface area contributed by atoms with E-state index in [0.29, 0.717) is 13.1 Å². The van der Waals surface area contributed by atoms with Crippen LogP contribution in [0.1, 0.15) is 13.3 Å². The Kier molecular flexibility index (Phi) is 6.32. The van der Waals surface area contributed by atoms with Gasteiger partial charge in [0.1, 0.15) is 0 Å². The number of rotatable bonds is 7. The molecule has 12 heavy (non-hydrogen) atoms. The molecule has 4 nitrogen and oxygen atoms in total.